The van der Waals surface area contributed by atoms with E-state index >= 15 is 0 Å². The summed E-state index contributed by atoms with van der Waals surface area (Å²) < 4.78 is 5.45. The molecule has 0 fully saturated rings. The molecule has 0 bridgehead atoms. The summed E-state index contributed by atoms with van der Waals surface area (Å²) in [5.41, 5.74) is 0. The molecule has 2 atom stereocenters. The van der Waals surface area contributed by atoms with Crippen molar-refractivity contribution in [3.8, 4) is 0 Å². The number of ether oxygens (including phenoxy) is 1. The number of esters is 1. The molecule has 61 heavy (non-hydrogen) atoms. The summed E-state index contributed by atoms with van der Waals surface area (Å²) in [7, 11) is 0. The minimum Gasteiger partial charge on any atom is -0.466 e. The summed E-state index contributed by atoms with van der Waals surface area (Å²) in [6.07, 6.45) is 61.2. The van der Waals surface area contributed by atoms with Gasteiger partial charge in [-0.2, -0.15) is 0 Å². The van der Waals surface area contributed by atoms with Crippen molar-refractivity contribution in [3.05, 3.63) is 36.5 Å². The molecule has 1 amide bonds. The Morgan fingerprint density at radius 1 is 0.459 bits per heavy atom. The van der Waals surface area contributed by atoms with Gasteiger partial charge in [0.25, 0.3) is 0 Å². The second-order valence-electron chi connectivity index (χ2n) is 18.2. The zero-order valence-corrected chi connectivity index (χ0v) is 40.6. The van der Waals surface area contributed by atoms with Crippen molar-refractivity contribution in [1.29, 1.82) is 0 Å². The molecule has 0 radical (unpaired) electrons. The highest BCUT2D eigenvalue weighted by atomic mass is 16.5. The van der Waals surface area contributed by atoms with Crippen LogP contribution in [0.3, 0.4) is 0 Å². The molecule has 3 N–H and O–H groups in total. The zero-order valence-electron chi connectivity index (χ0n) is 40.6. The van der Waals surface area contributed by atoms with Gasteiger partial charge >= 0.3 is 5.97 Å². The van der Waals surface area contributed by atoms with Crippen LogP contribution in [-0.2, 0) is 14.3 Å². The van der Waals surface area contributed by atoms with Gasteiger partial charge in [-0.1, -0.05) is 217 Å². The number of rotatable bonds is 49. The highest BCUT2D eigenvalue weighted by Gasteiger charge is 2.20. The molecule has 0 aromatic heterocycles. The summed E-state index contributed by atoms with van der Waals surface area (Å²) in [5.74, 6) is -0.0842. The van der Waals surface area contributed by atoms with Gasteiger partial charge < -0.3 is 20.3 Å². The molecule has 0 aliphatic carbocycles. The Morgan fingerprint density at radius 2 is 0.820 bits per heavy atom. The van der Waals surface area contributed by atoms with E-state index in [2.05, 4.69) is 55.6 Å². The van der Waals surface area contributed by atoms with Crippen LogP contribution in [0.5, 0.6) is 0 Å². The second kappa shape index (κ2) is 50.7. The van der Waals surface area contributed by atoms with Crippen molar-refractivity contribution in [2.75, 3.05) is 13.2 Å². The van der Waals surface area contributed by atoms with Gasteiger partial charge in [0.2, 0.25) is 5.91 Å². The number of aliphatic hydroxyl groups is 2. The van der Waals surface area contributed by atoms with E-state index in [-0.39, 0.29) is 18.5 Å². The van der Waals surface area contributed by atoms with Crippen molar-refractivity contribution < 1.29 is 24.5 Å². The van der Waals surface area contributed by atoms with Gasteiger partial charge in [-0.15, -0.1) is 0 Å². The SMILES string of the molecule is CCCCCCCC/C=C\CCCCCCCCCC(=O)OCCCCC/C=C\C=C/CCCCCCCCC(=O)NC(CO)C(O)CCCCCCCCCCCCCC. The third-order valence-electron chi connectivity index (χ3n) is 12.2. The number of carbonyl (C=O) groups excluding carboxylic acids is 2. The predicted molar refractivity (Wildman–Crippen MR) is 264 cm³/mol. The van der Waals surface area contributed by atoms with Gasteiger partial charge in [-0.05, 0) is 83.5 Å². The smallest absolute Gasteiger partial charge is 0.305 e. The van der Waals surface area contributed by atoms with Crippen LogP contribution in [0.2, 0.25) is 0 Å². The third-order valence-corrected chi connectivity index (χ3v) is 12.2. The second-order valence-corrected chi connectivity index (χ2v) is 18.2. The molecule has 6 heteroatoms. The minimum absolute atomic E-state index is 0.0254. The summed E-state index contributed by atoms with van der Waals surface area (Å²) in [4.78, 5) is 24.5. The Kier molecular flexibility index (Phi) is 49.1. The van der Waals surface area contributed by atoms with E-state index in [1.54, 1.807) is 0 Å². The molecule has 0 saturated carbocycles. The molecule has 0 aromatic rings. The fourth-order valence-electron chi connectivity index (χ4n) is 8.04. The molecule has 0 aliphatic rings. The van der Waals surface area contributed by atoms with E-state index in [9.17, 15) is 19.8 Å². The first-order chi connectivity index (χ1) is 30.0. The first-order valence-electron chi connectivity index (χ1n) is 26.8. The van der Waals surface area contributed by atoms with Crippen LogP contribution in [0.4, 0.5) is 0 Å². The number of nitrogens with one attached hydrogen (secondary N) is 1. The summed E-state index contributed by atoms with van der Waals surface area (Å²) >= 11 is 0. The molecule has 6 nitrogen and oxygen atoms in total. The molecule has 0 aliphatic heterocycles. The van der Waals surface area contributed by atoms with Gasteiger partial charge in [0.05, 0.1) is 25.4 Å². The van der Waals surface area contributed by atoms with Crippen molar-refractivity contribution >= 4 is 11.9 Å². The molecule has 0 aromatic carbocycles. The highest BCUT2D eigenvalue weighted by Crippen LogP contribution is 2.16. The van der Waals surface area contributed by atoms with Crippen LogP contribution in [0.25, 0.3) is 0 Å². The maximum atomic E-state index is 12.4. The van der Waals surface area contributed by atoms with Crippen molar-refractivity contribution in [1.82, 2.24) is 5.32 Å². The van der Waals surface area contributed by atoms with E-state index in [0.717, 1.165) is 77.0 Å². The first kappa shape index (κ1) is 59.1. The van der Waals surface area contributed by atoms with Crippen LogP contribution in [0.15, 0.2) is 36.5 Å². The number of amides is 1. The monoisotopic (exact) mass is 858 g/mol. The van der Waals surface area contributed by atoms with Gasteiger partial charge in [0.1, 0.15) is 0 Å². The van der Waals surface area contributed by atoms with Crippen LogP contribution in [0.1, 0.15) is 277 Å². The zero-order chi connectivity index (χ0) is 44.4. The topological polar surface area (TPSA) is 95.9 Å². The Bertz CT molecular complexity index is 993. The highest BCUT2D eigenvalue weighted by molar-refractivity contribution is 5.76. The number of carbonyl (C=O) groups is 2. The van der Waals surface area contributed by atoms with Crippen molar-refractivity contribution in [2.24, 2.45) is 0 Å². The third kappa shape index (κ3) is 47.4. The van der Waals surface area contributed by atoms with E-state index in [1.165, 1.54) is 167 Å². The van der Waals surface area contributed by atoms with E-state index in [4.69, 9.17) is 4.74 Å². The number of allylic oxidation sites excluding steroid dienone is 6. The Balaban J connectivity index is 3.51. The fourth-order valence-corrected chi connectivity index (χ4v) is 8.04. The lowest BCUT2D eigenvalue weighted by Crippen LogP contribution is -2.45. The molecule has 0 rings (SSSR count). The number of hydrogen-bond acceptors (Lipinski definition) is 5. The molecular weight excluding hydrogens is 755 g/mol. The molecule has 358 valence electrons. The number of unbranched alkanes of at least 4 members (excludes halogenated alkanes) is 33. The van der Waals surface area contributed by atoms with Crippen LogP contribution >= 0.6 is 0 Å². The summed E-state index contributed by atoms with van der Waals surface area (Å²) in [6.45, 7) is 4.88. The minimum atomic E-state index is -0.678. The number of hydrogen-bond donors (Lipinski definition) is 3. The van der Waals surface area contributed by atoms with Gasteiger partial charge in [0.15, 0.2) is 0 Å². The maximum Gasteiger partial charge on any atom is 0.305 e. The largest absolute Gasteiger partial charge is 0.466 e. The first-order valence-corrected chi connectivity index (χ1v) is 26.8. The van der Waals surface area contributed by atoms with E-state index in [0.29, 0.717) is 25.9 Å². The predicted octanol–water partition coefficient (Wildman–Crippen LogP) is 16.1. The summed E-state index contributed by atoms with van der Waals surface area (Å²) in [6, 6.07) is -0.557. The molecule has 0 spiro atoms. The molecule has 2 unspecified atom stereocenters. The quantitative estimate of drug-likeness (QED) is 0.0245. The summed E-state index contributed by atoms with van der Waals surface area (Å²) in [5, 5.41) is 23.1. The maximum absolute atomic E-state index is 12.4. The number of aliphatic hydroxyl groups excluding tert-OH is 2. The van der Waals surface area contributed by atoms with E-state index < -0.39 is 12.1 Å². The Hall–Kier alpha value is -1.92. The average molecular weight is 858 g/mol. The molecular formula is C55H103NO5. The Labute approximate surface area is 379 Å². The fraction of sp³-hybridized carbons (Fsp3) is 0.855. The lowest BCUT2D eigenvalue weighted by molar-refractivity contribution is -0.143. The van der Waals surface area contributed by atoms with Crippen molar-refractivity contribution in [3.63, 3.8) is 0 Å². The molecule has 0 heterocycles. The van der Waals surface area contributed by atoms with Crippen LogP contribution < -0.4 is 5.32 Å². The van der Waals surface area contributed by atoms with E-state index in [1.807, 2.05) is 0 Å². The normalized spacial score (nSPS) is 12.9. The van der Waals surface area contributed by atoms with Crippen LogP contribution in [-0.4, -0.2) is 47.4 Å². The molecule has 0 saturated heterocycles. The lowest BCUT2D eigenvalue weighted by Gasteiger charge is -2.22. The van der Waals surface area contributed by atoms with Crippen LogP contribution in [0, 0.1) is 0 Å². The Morgan fingerprint density at radius 3 is 1.26 bits per heavy atom. The average Bonchev–Trinajstić information content (AvgIpc) is 3.26. The standard InChI is InChI=1S/C55H103NO5/c1-3-5-7-9-11-13-15-17-18-19-22-25-29-33-37-41-45-49-55(60)61-50-46-42-38-34-30-26-23-20-21-24-28-32-36-40-44-48-54(59)56-52(51-57)53(58)47-43-39-35-31-27-16-14-12-10-8-6-4-2/h17-18,20,23,26,30,52-53,57-58H,3-16,19,21-22,24-25,27-29,31-51H2,1-2H3,(H,56,59)/b18-17-,23-20-,30-26-. The van der Waals surface area contributed by atoms with Gasteiger partial charge in [-0.3, -0.25) is 9.59 Å². The van der Waals surface area contributed by atoms with Gasteiger partial charge in [-0.25, -0.2) is 0 Å². The van der Waals surface area contributed by atoms with Crippen molar-refractivity contribution in [2.45, 2.75) is 289 Å². The van der Waals surface area contributed by atoms with Gasteiger partial charge in [0, 0.05) is 12.8 Å². The lowest BCUT2D eigenvalue weighted by atomic mass is 10.0.